The molecule has 5 nitrogen and oxygen atoms in total. The van der Waals surface area contributed by atoms with Crippen LogP contribution >= 0.6 is 78.9 Å². The van der Waals surface area contributed by atoms with Crippen LogP contribution in [0.4, 0.5) is 5.69 Å². The minimum absolute atomic E-state index is 0.134. The number of hydrogen-bond donors (Lipinski definition) is 3. The molecule has 1 amide bonds. The molecule has 0 aliphatic rings. The van der Waals surface area contributed by atoms with Gasteiger partial charge in [-0.05, 0) is 61.8 Å². The van der Waals surface area contributed by atoms with Crippen LogP contribution in [0.2, 0.25) is 0 Å². The second kappa shape index (κ2) is 11.0. The number of ether oxygens (including phenoxy) is 1. The predicted molar refractivity (Wildman–Crippen MR) is 130 cm³/mol. The first-order valence-electron chi connectivity index (χ1n) is 8.10. The highest BCUT2D eigenvalue weighted by Gasteiger charge is 2.34. The summed E-state index contributed by atoms with van der Waals surface area (Å²) in [5.41, 5.74) is 1.47. The van der Waals surface area contributed by atoms with Gasteiger partial charge in [0.25, 0.3) is 0 Å². The smallest absolute Gasteiger partial charge is 0.228 e. The summed E-state index contributed by atoms with van der Waals surface area (Å²) in [5.74, 6) is 0.329. The third-order valence-electron chi connectivity index (χ3n) is 3.61. The lowest BCUT2D eigenvalue weighted by Crippen LogP contribution is -2.56. The monoisotopic (exact) mass is 601 g/mol. The van der Waals surface area contributed by atoms with E-state index in [1.54, 1.807) is 19.2 Å². The van der Waals surface area contributed by atoms with Gasteiger partial charge in [0.05, 0.1) is 19.2 Å². The Morgan fingerprint density at radius 2 is 1.72 bits per heavy atom. The molecule has 0 aromatic heterocycles. The van der Waals surface area contributed by atoms with Gasteiger partial charge in [0.2, 0.25) is 9.70 Å². The molecule has 0 saturated carbocycles. The fourth-order valence-electron chi connectivity index (χ4n) is 2.26. The molecule has 1 atom stereocenters. The lowest BCUT2D eigenvalue weighted by Gasteiger charge is -2.28. The Balaban J connectivity index is 2.06. The van der Waals surface area contributed by atoms with Crippen molar-refractivity contribution in [1.82, 2.24) is 10.6 Å². The zero-order chi connectivity index (χ0) is 21.6. The summed E-state index contributed by atoms with van der Waals surface area (Å²) in [6, 6.07) is 12.8. The Morgan fingerprint density at radius 1 is 1.14 bits per heavy atom. The molecule has 156 valence electrons. The van der Waals surface area contributed by atoms with E-state index >= 15 is 0 Å². The van der Waals surface area contributed by atoms with E-state index in [1.807, 2.05) is 30.3 Å². The van der Waals surface area contributed by atoms with Crippen molar-refractivity contribution < 1.29 is 9.53 Å². The molecule has 29 heavy (non-hydrogen) atoms. The summed E-state index contributed by atoms with van der Waals surface area (Å²) in [6.45, 7) is 0. The Labute approximate surface area is 206 Å². The first-order valence-corrected chi connectivity index (χ1v) is 11.2. The molecule has 2 rings (SSSR count). The molecular formula is C18H16Br2Cl3N3O2S. The maximum Gasteiger partial charge on any atom is 0.228 e. The zero-order valence-corrected chi connectivity index (χ0v) is 21.2. The Kier molecular flexibility index (Phi) is 9.31. The number of hydrogen-bond acceptors (Lipinski definition) is 3. The van der Waals surface area contributed by atoms with E-state index in [-0.39, 0.29) is 17.4 Å². The van der Waals surface area contributed by atoms with E-state index in [2.05, 4.69) is 47.8 Å². The fraction of sp³-hybridized carbons (Fsp3) is 0.222. The number of methoxy groups -OCH3 is 1. The van der Waals surface area contributed by atoms with E-state index < -0.39 is 9.96 Å². The van der Waals surface area contributed by atoms with E-state index in [1.165, 1.54) is 0 Å². The molecule has 3 N–H and O–H groups in total. The minimum atomic E-state index is -1.84. The molecule has 0 bridgehead atoms. The molecule has 2 aromatic carbocycles. The average molecular weight is 605 g/mol. The lowest BCUT2D eigenvalue weighted by molar-refractivity contribution is -0.121. The normalized spacial score (nSPS) is 12.1. The second-order valence-corrected chi connectivity index (χ2v) is 10.3. The van der Waals surface area contributed by atoms with Crippen molar-refractivity contribution in [3.63, 3.8) is 0 Å². The Hall–Kier alpha value is -0.770. The van der Waals surface area contributed by atoms with Crippen LogP contribution in [0.3, 0.4) is 0 Å². The largest absolute Gasteiger partial charge is 0.497 e. The molecular weight excluding hydrogens is 588 g/mol. The highest BCUT2D eigenvalue weighted by Crippen LogP contribution is 2.35. The van der Waals surface area contributed by atoms with Crippen molar-refractivity contribution in [1.29, 1.82) is 0 Å². The third kappa shape index (κ3) is 7.77. The number of anilines is 1. The van der Waals surface area contributed by atoms with E-state index in [0.29, 0.717) is 20.4 Å². The fourth-order valence-corrected chi connectivity index (χ4v) is 4.15. The van der Waals surface area contributed by atoms with Crippen LogP contribution in [-0.4, -0.2) is 28.1 Å². The first kappa shape index (κ1) is 24.5. The summed E-state index contributed by atoms with van der Waals surface area (Å²) in [6.07, 6.45) is -0.922. The van der Waals surface area contributed by atoms with Crippen molar-refractivity contribution >= 4 is 95.6 Å². The van der Waals surface area contributed by atoms with Gasteiger partial charge in [-0.1, -0.05) is 65.1 Å². The SMILES string of the molecule is COc1cc(Br)c(NC(=S)NC(NC(=O)Cc2ccccc2)C(Cl)(Cl)Cl)c(Br)c1. The maximum atomic E-state index is 12.4. The first-order chi connectivity index (χ1) is 13.6. The predicted octanol–water partition coefficient (Wildman–Crippen LogP) is 5.56. The number of benzene rings is 2. The summed E-state index contributed by atoms with van der Waals surface area (Å²) < 4.78 is 4.76. The van der Waals surface area contributed by atoms with E-state index in [9.17, 15) is 4.79 Å². The van der Waals surface area contributed by atoms with Crippen LogP contribution in [0.15, 0.2) is 51.4 Å². The van der Waals surface area contributed by atoms with Crippen LogP contribution in [0.5, 0.6) is 5.75 Å². The number of amides is 1. The summed E-state index contributed by atoms with van der Waals surface area (Å²) in [4.78, 5) is 12.4. The highest BCUT2D eigenvalue weighted by atomic mass is 79.9. The molecule has 0 radical (unpaired) electrons. The maximum absolute atomic E-state index is 12.4. The molecule has 0 fully saturated rings. The van der Waals surface area contributed by atoms with Gasteiger partial charge in [-0.15, -0.1) is 0 Å². The molecule has 0 aliphatic heterocycles. The van der Waals surface area contributed by atoms with Gasteiger partial charge in [-0.3, -0.25) is 4.79 Å². The summed E-state index contributed by atoms with van der Waals surface area (Å²) in [5, 5.41) is 8.62. The topological polar surface area (TPSA) is 62.4 Å². The summed E-state index contributed by atoms with van der Waals surface area (Å²) in [7, 11) is 1.57. The highest BCUT2D eigenvalue weighted by molar-refractivity contribution is 9.11. The molecule has 0 saturated heterocycles. The van der Waals surface area contributed by atoms with Gasteiger partial charge < -0.3 is 20.7 Å². The number of carbonyl (C=O) groups excluding carboxylic acids is 1. The van der Waals surface area contributed by atoms with Gasteiger partial charge in [0.15, 0.2) is 5.11 Å². The van der Waals surface area contributed by atoms with Crippen molar-refractivity contribution in [3.8, 4) is 5.75 Å². The average Bonchev–Trinajstić information content (AvgIpc) is 2.64. The van der Waals surface area contributed by atoms with Crippen LogP contribution in [0.25, 0.3) is 0 Å². The zero-order valence-electron chi connectivity index (χ0n) is 14.9. The Bertz CT molecular complexity index is 859. The molecule has 0 aliphatic carbocycles. The summed E-state index contributed by atoms with van der Waals surface area (Å²) >= 11 is 30.3. The third-order valence-corrected chi connectivity index (χ3v) is 5.73. The van der Waals surface area contributed by atoms with Crippen LogP contribution in [0, 0.1) is 0 Å². The standard InChI is InChI=1S/C18H16Br2Cl3N3O2S/c1-28-11-8-12(19)15(13(20)9-11)25-17(29)26-16(18(21,22)23)24-14(27)7-10-5-3-2-4-6-10/h2-6,8-9,16H,7H2,1H3,(H,24,27)(H2,25,26,29). The van der Waals surface area contributed by atoms with Gasteiger partial charge in [0.1, 0.15) is 11.9 Å². The van der Waals surface area contributed by atoms with Crippen LogP contribution < -0.4 is 20.7 Å². The van der Waals surface area contributed by atoms with Crippen molar-refractivity contribution in [2.24, 2.45) is 0 Å². The van der Waals surface area contributed by atoms with Gasteiger partial charge in [-0.25, -0.2) is 0 Å². The molecule has 1 unspecified atom stereocenters. The Morgan fingerprint density at radius 3 is 2.24 bits per heavy atom. The minimum Gasteiger partial charge on any atom is -0.497 e. The molecule has 0 spiro atoms. The number of rotatable bonds is 6. The molecule has 2 aromatic rings. The van der Waals surface area contributed by atoms with Crippen molar-refractivity contribution in [2.45, 2.75) is 16.4 Å². The number of alkyl halides is 3. The van der Waals surface area contributed by atoms with Crippen molar-refractivity contribution in [2.75, 3.05) is 12.4 Å². The van der Waals surface area contributed by atoms with Gasteiger partial charge in [-0.2, -0.15) is 0 Å². The van der Waals surface area contributed by atoms with Crippen molar-refractivity contribution in [3.05, 3.63) is 57.0 Å². The van der Waals surface area contributed by atoms with E-state index in [0.717, 1.165) is 5.56 Å². The quantitative estimate of drug-likeness (QED) is 0.229. The van der Waals surface area contributed by atoms with E-state index in [4.69, 9.17) is 51.8 Å². The molecule has 11 heteroatoms. The number of nitrogens with one attached hydrogen (secondary N) is 3. The van der Waals surface area contributed by atoms with Crippen LogP contribution in [0.1, 0.15) is 5.56 Å². The van der Waals surface area contributed by atoms with Gasteiger partial charge >= 0.3 is 0 Å². The van der Waals surface area contributed by atoms with Gasteiger partial charge in [0, 0.05) is 8.95 Å². The number of carbonyl (C=O) groups is 1. The van der Waals surface area contributed by atoms with Crippen LogP contribution in [-0.2, 0) is 11.2 Å². The lowest BCUT2D eigenvalue weighted by atomic mass is 10.1. The molecule has 0 heterocycles. The second-order valence-electron chi connectivity index (χ2n) is 5.77. The number of thiocarbonyl (C=S) groups is 1. The number of halogens is 5.